The van der Waals surface area contributed by atoms with E-state index in [-0.39, 0.29) is 6.61 Å². The Morgan fingerprint density at radius 3 is 2.52 bits per heavy atom. The predicted octanol–water partition coefficient (Wildman–Crippen LogP) is 2.53. The van der Waals surface area contributed by atoms with Gasteiger partial charge in [-0.05, 0) is 55.3 Å². The SMILES string of the molecule is COc1ccc([C@@]2(C)NC(=O)N(NC(=O)COc3ccc(Cl)cc3C)C2=O)cc1. The van der Waals surface area contributed by atoms with Gasteiger partial charge in [-0.3, -0.25) is 15.0 Å². The van der Waals surface area contributed by atoms with Gasteiger partial charge in [-0.2, -0.15) is 5.01 Å². The lowest BCUT2D eigenvalue weighted by atomic mass is 9.92. The van der Waals surface area contributed by atoms with E-state index in [2.05, 4.69) is 10.7 Å². The maximum Gasteiger partial charge on any atom is 0.344 e. The van der Waals surface area contributed by atoms with Crippen LogP contribution in [0.3, 0.4) is 0 Å². The number of rotatable bonds is 6. The van der Waals surface area contributed by atoms with Gasteiger partial charge in [-0.15, -0.1) is 0 Å². The first-order chi connectivity index (χ1) is 13.7. The number of aryl methyl sites for hydroxylation is 1. The summed E-state index contributed by atoms with van der Waals surface area (Å²) in [4.78, 5) is 37.4. The molecule has 4 amide bonds. The zero-order chi connectivity index (χ0) is 21.2. The highest BCUT2D eigenvalue weighted by atomic mass is 35.5. The molecule has 1 saturated heterocycles. The molecule has 1 fully saturated rings. The van der Waals surface area contributed by atoms with E-state index in [0.717, 1.165) is 5.56 Å². The van der Waals surface area contributed by atoms with Crippen LogP contribution in [-0.4, -0.2) is 36.6 Å². The maximum atomic E-state index is 12.8. The summed E-state index contributed by atoms with van der Waals surface area (Å²) in [5.41, 5.74) is 2.28. The Morgan fingerprint density at radius 1 is 1.21 bits per heavy atom. The summed E-state index contributed by atoms with van der Waals surface area (Å²) in [6.07, 6.45) is 0. The molecule has 2 aromatic rings. The van der Waals surface area contributed by atoms with Crippen LogP contribution in [0.1, 0.15) is 18.1 Å². The minimum atomic E-state index is -1.32. The number of hydrazine groups is 1. The van der Waals surface area contributed by atoms with Crippen molar-refractivity contribution in [2.75, 3.05) is 13.7 Å². The van der Waals surface area contributed by atoms with Gasteiger partial charge in [0.1, 0.15) is 17.0 Å². The molecule has 8 nitrogen and oxygen atoms in total. The number of nitrogens with zero attached hydrogens (tertiary/aromatic N) is 1. The van der Waals surface area contributed by atoms with Gasteiger partial charge >= 0.3 is 6.03 Å². The third-order valence-corrected chi connectivity index (χ3v) is 4.83. The van der Waals surface area contributed by atoms with Crippen molar-refractivity contribution >= 4 is 29.4 Å². The number of amides is 4. The third kappa shape index (κ3) is 4.12. The smallest absolute Gasteiger partial charge is 0.344 e. The number of carbonyl (C=O) groups is 3. The first-order valence-corrected chi connectivity index (χ1v) is 9.12. The number of methoxy groups -OCH3 is 1. The highest BCUT2D eigenvalue weighted by Crippen LogP contribution is 2.29. The monoisotopic (exact) mass is 417 g/mol. The van der Waals surface area contributed by atoms with E-state index in [1.165, 1.54) is 7.11 Å². The number of nitrogens with one attached hydrogen (secondary N) is 2. The average Bonchev–Trinajstić information content (AvgIpc) is 2.91. The molecule has 0 aliphatic carbocycles. The van der Waals surface area contributed by atoms with Crippen molar-refractivity contribution in [3.05, 3.63) is 58.6 Å². The second-order valence-electron chi connectivity index (χ2n) is 6.66. The fraction of sp³-hybridized carbons (Fsp3) is 0.250. The van der Waals surface area contributed by atoms with Crippen LogP contribution in [0.5, 0.6) is 11.5 Å². The molecule has 3 rings (SSSR count). The molecule has 0 bridgehead atoms. The van der Waals surface area contributed by atoms with E-state index < -0.39 is 23.4 Å². The van der Waals surface area contributed by atoms with E-state index in [1.54, 1.807) is 56.3 Å². The van der Waals surface area contributed by atoms with E-state index >= 15 is 0 Å². The Balaban J connectivity index is 1.66. The number of hydrogen-bond acceptors (Lipinski definition) is 5. The number of carbonyl (C=O) groups excluding carboxylic acids is 3. The standard InChI is InChI=1S/C20H20ClN3O5/c1-12-10-14(21)6-9-16(12)29-11-17(25)23-24-18(26)20(2,22-19(24)27)13-4-7-15(28-3)8-5-13/h4-10H,11H2,1-3H3,(H,22,27)(H,23,25)/t20-/m1/s1. The van der Waals surface area contributed by atoms with E-state index in [9.17, 15) is 14.4 Å². The predicted molar refractivity (Wildman–Crippen MR) is 106 cm³/mol. The molecule has 1 aliphatic heterocycles. The van der Waals surface area contributed by atoms with Crippen LogP contribution in [0, 0.1) is 6.92 Å². The van der Waals surface area contributed by atoms with Gasteiger partial charge in [0.15, 0.2) is 6.61 Å². The molecule has 29 heavy (non-hydrogen) atoms. The van der Waals surface area contributed by atoms with Gasteiger partial charge in [0.25, 0.3) is 11.8 Å². The van der Waals surface area contributed by atoms with Crippen LogP contribution in [0.25, 0.3) is 0 Å². The highest BCUT2D eigenvalue weighted by Gasteiger charge is 2.50. The van der Waals surface area contributed by atoms with E-state index in [4.69, 9.17) is 21.1 Å². The number of halogens is 1. The molecule has 1 heterocycles. The summed E-state index contributed by atoms with van der Waals surface area (Å²) in [5.74, 6) is -0.163. The minimum absolute atomic E-state index is 0.376. The summed E-state index contributed by atoms with van der Waals surface area (Å²) in [6.45, 7) is 2.98. The third-order valence-electron chi connectivity index (χ3n) is 4.59. The Morgan fingerprint density at radius 2 is 1.90 bits per heavy atom. The second-order valence-corrected chi connectivity index (χ2v) is 7.09. The van der Waals surface area contributed by atoms with Crippen LogP contribution in [0.2, 0.25) is 5.02 Å². The molecule has 0 radical (unpaired) electrons. The van der Waals surface area contributed by atoms with Crippen LogP contribution >= 0.6 is 11.6 Å². The van der Waals surface area contributed by atoms with Crippen molar-refractivity contribution in [2.24, 2.45) is 0 Å². The summed E-state index contributed by atoms with van der Waals surface area (Å²) in [7, 11) is 1.53. The van der Waals surface area contributed by atoms with Crippen molar-refractivity contribution in [3.8, 4) is 11.5 Å². The number of benzene rings is 2. The first-order valence-electron chi connectivity index (χ1n) is 8.74. The molecule has 1 atom stereocenters. The summed E-state index contributed by atoms with van der Waals surface area (Å²) in [6, 6.07) is 11.0. The quantitative estimate of drug-likeness (QED) is 0.704. The van der Waals surface area contributed by atoms with Gasteiger partial charge in [-0.1, -0.05) is 23.7 Å². The molecule has 2 N–H and O–H groups in total. The minimum Gasteiger partial charge on any atom is -0.497 e. The van der Waals surface area contributed by atoms with Crippen LogP contribution in [0.15, 0.2) is 42.5 Å². The lowest BCUT2D eigenvalue weighted by Crippen LogP contribution is -2.49. The number of hydrogen-bond donors (Lipinski definition) is 2. The molecule has 0 spiro atoms. The van der Waals surface area contributed by atoms with Crippen LogP contribution in [-0.2, 0) is 15.1 Å². The molecule has 152 valence electrons. The molecule has 0 unspecified atom stereocenters. The zero-order valence-electron chi connectivity index (χ0n) is 16.1. The fourth-order valence-corrected chi connectivity index (χ4v) is 3.16. The summed E-state index contributed by atoms with van der Waals surface area (Å²) < 4.78 is 10.5. The molecule has 0 aromatic heterocycles. The molecule has 9 heteroatoms. The summed E-state index contributed by atoms with van der Waals surface area (Å²) in [5, 5.41) is 3.81. The lowest BCUT2D eigenvalue weighted by molar-refractivity contribution is -0.139. The topological polar surface area (TPSA) is 97.0 Å². The molecule has 2 aromatic carbocycles. The van der Waals surface area contributed by atoms with Gasteiger partial charge in [-0.25, -0.2) is 4.79 Å². The molecule has 0 saturated carbocycles. The van der Waals surface area contributed by atoms with Crippen molar-refractivity contribution in [1.82, 2.24) is 15.8 Å². The van der Waals surface area contributed by atoms with Crippen LogP contribution < -0.4 is 20.2 Å². The first kappa shape index (κ1) is 20.5. The maximum absolute atomic E-state index is 12.8. The van der Waals surface area contributed by atoms with Crippen molar-refractivity contribution < 1.29 is 23.9 Å². The molecular weight excluding hydrogens is 398 g/mol. The fourth-order valence-electron chi connectivity index (χ4n) is 2.94. The normalized spacial score (nSPS) is 18.4. The molecular formula is C20H20ClN3O5. The van der Waals surface area contributed by atoms with Crippen LogP contribution in [0.4, 0.5) is 4.79 Å². The zero-order valence-corrected chi connectivity index (χ0v) is 16.9. The van der Waals surface area contributed by atoms with Gasteiger partial charge in [0, 0.05) is 5.02 Å². The van der Waals surface area contributed by atoms with E-state index in [1.807, 2.05) is 0 Å². The van der Waals surface area contributed by atoms with Crippen molar-refractivity contribution in [3.63, 3.8) is 0 Å². The Bertz CT molecular complexity index is 963. The number of imide groups is 1. The number of ether oxygens (including phenoxy) is 2. The Kier molecular flexibility index (Phi) is 5.65. The van der Waals surface area contributed by atoms with Gasteiger partial charge in [0.05, 0.1) is 7.11 Å². The van der Waals surface area contributed by atoms with Gasteiger partial charge < -0.3 is 14.8 Å². The average molecular weight is 418 g/mol. The van der Waals surface area contributed by atoms with Crippen molar-refractivity contribution in [1.29, 1.82) is 0 Å². The summed E-state index contributed by atoms with van der Waals surface area (Å²) >= 11 is 5.89. The largest absolute Gasteiger partial charge is 0.497 e. The molecule has 1 aliphatic rings. The number of urea groups is 1. The van der Waals surface area contributed by atoms with Gasteiger partial charge in [0.2, 0.25) is 0 Å². The Hall–Kier alpha value is -3.26. The van der Waals surface area contributed by atoms with Crippen molar-refractivity contribution in [2.45, 2.75) is 19.4 Å². The Labute approximate surface area is 172 Å². The van der Waals surface area contributed by atoms with E-state index in [0.29, 0.717) is 27.1 Å². The second kappa shape index (κ2) is 8.00. The highest BCUT2D eigenvalue weighted by molar-refractivity contribution is 6.30. The lowest BCUT2D eigenvalue weighted by Gasteiger charge is -2.22.